The van der Waals surface area contributed by atoms with E-state index >= 15 is 0 Å². The second-order valence-corrected chi connectivity index (χ2v) is 4.58. The van der Waals surface area contributed by atoms with Crippen molar-refractivity contribution < 1.29 is 0 Å². The van der Waals surface area contributed by atoms with Crippen molar-refractivity contribution in [2.24, 2.45) is 0 Å². The lowest BCUT2D eigenvalue weighted by Crippen LogP contribution is -1.98. The molecule has 0 atom stereocenters. The third-order valence-electron chi connectivity index (χ3n) is 1.97. The van der Waals surface area contributed by atoms with Crippen LogP contribution >= 0.6 is 27.5 Å². The monoisotopic (exact) mass is 297 g/mol. The first-order valence-corrected chi connectivity index (χ1v) is 5.76. The molecular weight excluding hydrogens is 289 g/mol. The van der Waals surface area contributed by atoms with E-state index < -0.39 is 0 Å². The van der Waals surface area contributed by atoms with Gasteiger partial charge in [0, 0.05) is 21.4 Å². The molecule has 3 N–H and O–H groups in total. The maximum atomic E-state index is 5.88. The van der Waals surface area contributed by atoms with Gasteiger partial charge in [0.05, 0.1) is 5.69 Å². The van der Waals surface area contributed by atoms with Crippen LogP contribution in [0.5, 0.6) is 0 Å². The Morgan fingerprint density at radius 1 is 1.31 bits per heavy atom. The van der Waals surface area contributed by atoms with Crippen LogP contribution in [0.4, 0.5) is 17.2 Å². The van der Waals surface area contributed by atoms with E-state index in [1.54, 1.807) is 12.3 Å². The summed E-state index contributed by atoms with van der Waals surface area (Å²) in [4.78, 5) is 4.18. The molecule has 1 aromatic carbocycles. The van der Waals surface area contributed by atoms with Gasteiger partial charge >= 0.3 is 0 Å². The van der Waals surface area contributed by atoms with Crippen LogP contribution in [0.1, 0.15) is 0 Å². The fourth-order valence-corrected chi connectivity index (χ4v) is 1.80. The largest absolute Gasteiger partial charge is 0.396 e. The maximum Gasteiger partial charge on any atom is 0.153 e. The maximum absolute atomic E-state index is 5.88. The number of rotatable bonds is 2. The van der Waals surface area contributed by atoms with Crippen LogP contribution in [-0.4, -0.2) is 4.98 Å². The molecule has 0 saturated heterocycles. The van der Waals surface area contributed by atoms with Gasteiger partial charge < -0.3 is 11.1 Å². The molecular formula is C11H9BrClN3. The lowest BCUT2D eigenvalue weighted by atomic mass is 10.3. The molecule has 0 bridgehead atoms. The number of nitrogens with one attached hydrogen (secondary N) is 1. The van der Waals surface area contributed by atoms with E-state index in [0.717, 1.165) is 10.2 Å². The first-order valence-electron chi connectivity index (χ1n) is 4.59. The SMILES string of the molecule is Nc1cc(Br)cnc1Nc1cccc(Cl)c1. The van der Waals surface area contributed by atoms with Gasteiger partial charge in [0.1, 0.15) is 0 Å². The number of pyridine rings is 1. The summed E-state index contributed by atoms with van der Waals surface area (Å²) in [6.07, 6.45) is 1.68. The molecule has 0 saturated carbocycles. The molecule has 0 radical (unpaired) electrons. The molecule has 0 spiro atoms. The van der Waals surface area contributed by atoms with E-state index in [2.05, 4.69) is 26.2 Å². The van der Waals surface area contributed by atoms with Gasteiger partial charge in [0.15, 0.2) is 5.82 Å². The molecule has 82 valence electrons. The summed E-state index contributed by atoms with van der Waals surface area (Å²) < 4.78 is 0.849. The molecule has 0 aliphatic heterocycles. The number of halogens is 2. The van der Waals surface area contributed by atoms with Crippen molar-refractivity contribution in [3.8, 4) is 0 Å². The van der Waals surface area contributed by atoms with Gasteiger partial charge in [0.2, 0.25) is 0 Å². The number of aromatic nitrogens is 1. The molecule has 2 rings (SSSR count). The average Bonchev–Trinajstić information content (AvgIpc) is 2.22. The van der Waals surface area contributed by atoms with Gasteiger partial charge in [-0.15, -0.1) is 0 Å². The summed E-state index contributed by atoms with van der Waals surface area (Å²) in [5.41, 5.74) is 7.25. The number of benzene rings is 1. The highest BCUT2D eigenvalue weighted by Gasteiger charge is 2.02. The van der Waals surface area contributed by atoms with Gasteiger partial charge in [-0.2, -0.15) is 0 Å². The Morgan fingerprint density at radius 2 is 2.12 bits per heavy atom. The van der Waals surface area contributed by atoms with Crippen molar-refractivity contribution >= 4 is 44.7 Å². The Morgan fingerprint density at radius 3 is 2.81 bits per heavy atom. The van der Waals surface area contributed by atoms with Gasteiger partial charge in [0.25, 0.3) is 0 Å². The molecule has 1 aromatic heterocycles. The minimum atomic E-state index is 0.578. The molecule has 3 nitrogen and oxygen atoms in total. The Balaban J connectivity index is 2.27. The summed E-state index contributed by atoms with van der Waals surface area (Å²) in [5.74, 6) is 0.616. The van der Waals surface area contributed by atoms with Gasteiger partial charge in [-0.25, -0.2) is 4.98 Å². The van der Waals surface area contributed by atoms with E-state index in [9.17, 15) is 0 Å². The number of hydrogen-bond acceptors (Lipinski definition) is 3. The number of nitrogen functional groups attached to an aromatic ring is 1. The minimum absolute atomic E-state index is 0.578. The van der Waals surface area contributed by atoms with Crippen LogP contribution in [0.15, 0.2) is 41.0 Å². The highest BCUT2D eigenvalue weighted by atomic mass is 79.9. The molecule has 16 heavy (non-hydrogen) atoms. The highest BCUT2D eigenvalue weighted by molar-refractivity contribution is 9.10. The second-order valence-electron chi connectivity index (χ2n) is 3.23. The van der Waals surface area contributed by atoms with Gasteiger partial charge in [-0.1, -0.05) is 17.7 Å². The van der Waals surface area contributed by atoms with E-state index in [4.69, 9.17) is 17.3 Å². The topological polar surface area (TPSA) is 50.9 Å². The predicted octanol–water partition coefficient (Wildman–Crippen LogP) is 3.82. The third-order valence-corrected chi connectivity index (χ3v) is 2.64. The quantitative estimate of drug-likeness (QED) is 0.886. The number of anilines is 3. The number of nitrogens with two attached hydrogens (primary N) is 1. The highest BCUT2D eigenvalue weighted by Crippen LogP contribution is 2.24. The van der Waals surface area contributed by atoms with Crippen molar-refractivity contribution in [1.82, 2.24) is 4.98 Å². The Labute approximate surface area is 107 Å². The van der Waals surface area contributed by atoms with Crippen LogP contribution in [0.2, 0.25) is 5.02 Å². The molecule has 1 heterocycles. The van der Waals surface area contributed by atoms with E-state index in [1.807, 2.05) is 24.3 Å². The first-order chi connectivity index (χ1) is 7.65. The summed E-state index contributed by atoms with van der Waals surface area (Å²) in [7, 11) is 0. The van der Waals surface area contributed by atoms with Crippen LogP contribution < -0.4 is 11.1 Å². The zero-order valence-corrected chi connectivity index (χ0v) is 10.6. The lowest BCUT2D eigenvalue weighted by molar-refractivity contribution is 1.30. The van der Waals surface area contributed by atoms with Crippen LogP contribution in [-0.2, 0) is 0 Å². The van der Waals surface area contributed by atoms with Crippen molar-refractivity contribution in [3.05, 3.63) is 46.0 Å². The third kappa shape index (κ3) is 2.65. The Bertz CT molecular complexity index is 516. The van der Waals surface area contributed by atoms with Gasteiger partial charge in [-0.3, -0.25) is 0 Å². The van der Waals surface area contributed by atoms with E-state index in [1.165, 1.54) is 0 Å². The molecule has 0 amide bonds. The van der Waals surface area contributed by atoms with E-state index in [0.29, 0.717) is 16.5 Å². The molecule has 0 aliphatic rings. The molecule has 0 aliphatic carbocycles. The Hall–Kier alpha value is -1.26. The summed E-state index contributed by atoms with van der Waals surface area (Å²) in [6.45, 7) is 0. The van der Waals surface area contributed by atoms with Crippen LogP contribution in [0, 0.1) is 0 Å². The fourth-order valence-electron chi connectivity index (χ4n) is 1.26. The molecule has 5 heteroatoms. The average molecular weight is 299 g/mol. The zero-order valence-electron chi connectivity index (χ0n) is 8.24. The smallest absolute Gasteiger partial charge is 0.153 e. The number of hydrogen-bond donors (Lipinski definition) is 2. The Kier molecular flexibility index (Phi) is 3.31. The molecule has 0 fully saturated rings. The zero-order chi connectivity index (χ0) is 11.5. The second kappa shape index (κ2) is 4.72. The molecule has 2 aromatic rings. The summed E-state index contributed by atoms with van der Waals surface area (Å²) in [6, 6.07) is 9.17. The van der Waals surface area contributed by atoms with Crippen molar-refractivity contribution in [2.75, 3.05) is 11.1 Å². The lowest BCUT2D eigenvalue weighted by Gasteiger charge is -2.08. The van der Waals surface area contributed by atoms with Crippen LogP contribution in [0.25, 0.3) is 0 Å². The first kappa shape index (κ1) is 11.2. The minimum Gasteiger partial charge on any atom is -0.396 e. The number of nitrogens with zero attached hydrogens (tertiary/aromatic N) is 1. The predicted molar refractivity (Wildman–Crippen MR) is 71.1 cm³/mol. The normalized spacial score (nSPS) is 10.1. The van der Waals surface area contributed by atoms with E-state index in [-0.39, 0.29) is 0 Å². The molecule has 0 unspecified atom stereocenters. The fraction of sp³-hybridized carbons (Fsp3) is 0. The van der Waals surface area contributed by atoms with Crippen molar-refractivity contribution in [2.45, 2.75) is 0 Å². The van der Waals surface area contributed by atoms with Crippen molar-refractivity contribution in [1.29, 1.82) is 0 Å². The standard InChI is InChI=1S/C11H9BrClN3/c12-7-4-10(14)11(15-6-7)16-9-3-1-2-8(13)5-9/h1-6H,14H2,(H,15,16). The van der Waals surface area contributed by atoms with Crippen molar-refractivity contribution in [3.63, 3.8) is 0 Å². The summed E-state index contributed by atoms with van der Waals surface area (Å²) in [5, 5.41) is 3.77. The van der Waals surface area contributed by atoms with Gasteiger partial charge in [-0.05, 0) is 40.2 Å². The summed E-state index contributed by atoms with van der Waals surface area (Å²) >= 11 is 9.18. The van der Waals surface area contributed by atoms with Crippen LogP contribution in [0.3, 0.4) is 0 Å².